The Kier molecular flexibility index (Phi) is 6.01. The lowest BCUT2D eigenvalue weighted by Gasteiger charge is -2.06. The second kappa shape index (κ2) is 8.40. The summed E-state index contributed by atoms with van der Waals surface area (Å²) in [6, 6.07) is 9.26. The van der Waals surface area contributed by atoms with Crippen LogP contribution in [0.15, 0.2) is 36.0 Å². The van der Waals surface area contributed by atoms with Crippen LogP contribution in [0.25, 0.3) is 17.3 Å². The van der Waals surface area contributed by atoms with E-state index in [-0.39, 0.29) is 24.4 Å². The van der Waals surface area contributed by atoms with Crippen LogP contribution in [0.3, 0.4) is 0 Å². The van der Waals surface area contributed by atoms with Crippen LogP contribution >= 0.6 is 0 Å². The third-order valence-corrected chi connectivity index (χ3v) is 3.23. The highest BCUT2D eigenvalue weighted by Crippen LogP contribution is 2.28. The van der Waals surface area contributed by atoms with E-state index in [1.165, 1.54) is 29.1 Å². The standard InChI is InChI=1S/C17H12F2N4O3/c18-17(19)26-14-4-1-3-11(8-14)15-13(7-12(9-21)16(24)25)10-23(22-15)6-2-5-20/h1,3-4,7-8,10,17H,2,6H2,(H,24,25). The van der Waals surface area contributed by atoms with Gasteiger partial charge in [-0.2, -0.15) is 24.4 Å². The lowest BCUT2D eigenvalue weighted by molar-refractivity contribution is -0.132. The molecule has 0 saturated heterocycles. The van der Waals surface area contributed by atoms with Crippen molar-refractivity contribution in [3.05, 3.63) is 41.6 Å². The highest BCUT2D eigenvalue weighted by molar-refractivity contribution is 5.97. The summed E-state index contributed by atoms with van der Waals surface area (Å²) in [7, 11) is 0. The van der Waals surface area contributed by atoms with Crippen LogP contribution in [0.1, 0.15) is 12.0 Å². The Labute approximate surface area is 147 Å². The normalized spacial score (nSPS) is 11.0. The first-order valence-electron chi connectivity index (χ1n) is 7.29. The molecule has 1 heterocycles. The van der Waals surface area contributed by atoms with Crippen molar-refractivity contribution in [2.75, 3.05) is 0 Å². The lowest BCUT2D eigenvalue weighted by atomic mass is 10.1. The van der Waals surface area contributed by atoms with Crippen molar-refractivity contribution in [3.8, 4) is 29.1 Å². The molecule has 0 amide bonds. The average molecular weight is 358 g/mol. The smallest absolute Gasteiger partial charge is 0.387 e. The number of aromatic nitrogens is 2. The lowest BCUT2D eigenvalue weighted by Crippen LogP contribution is -2.02. The largest absolute Gasteiger partial charge is 0.477 e. The number of carboxylic acids is 1. The molecule has 0 radical (unpaired) electrons. The third kappa shape index (κ3) is 4.65. The fourth-order valence-corrected chi connectivity index (χ4v) is 2.16. The summed E-state index contributed by atoms with van der Waals surface area (Å²) in [5, 5.41) is 30.9. The van der Waals surface area contributed by atoms with E-state index < -0.39 is 18.2 Å². The van der Waals surface area contributed by atoms with Crippen molar-refractivity contribution in [2.45, 2.75) is 19.6 Å². The molecule has 0 aliphatic carbocycles. The molecule has 132 valence electrons. The Morgan fingerprint density at radius 3 is 2.81 bits per heavy atom. The maximum atomic E-state index is 12.4. The summed E-state index contributed by atoms with van der Waals surface area (Å²) in [5.41, 5.74) is 0.464. The third-order valence-electron chi connectivity index (χ3n) is 3.23. The number of carboxylic acid groups (broad SMARTS) is 1. The molecule has 1 aromatic heterocycles. The van der Waals surface area contributed by atoms with E-state index in [1.807, 2.05) is 6.07 Å². The molecule has 0 bridgehead atoms. The molecule has 7 nitrogen and oxygen atoms in total. The van der Waals surface area contributed by atoms with Gasteiger partial charge in [0.2, 0.25) is 0 Å². The van der Waals surface area contributed by atoms with Crippen LogP contribution < -0.4 is 4.74 Å². The molecule has 0 unspecified atom stereocenters. The molecule has 9 heteroatoms. The maximum absolute atomic E-state index is 12.4. The molecule has 0 saturated carbocycles. The number of rotatable bonds is 7. The van der Waals surface area contributed by atoms with Gasteiger partial charge in [0.05, 0.1) is 24.7 Å². The Balaban J connectivity index is 2.53. The van der Waals surface area contributed by atoms with E-state index in [9.17, 15) is 13.6 Å². The van der Waals surface area contributed by atoms with E-state index >= 15 is 0 Å². The number of hydrogen-bond acceptors (Lipinski definition) is 5. The first-order valence-corrected chi connectivity index (χ1v) is 7.29. The van der Waals surface area contributed by atoms with Crippen LogP contribution in [-0.4, -0.2) is 27.5 Å². The zero-order valence-electron chi connectivity index (χ0n) is 13.3. The molecule has 0 spiro atoms. The Morgan fingerprint density at radius 1 is 1.42 bits per heavy atom. The van der Waals surface area contributed by atoms with Crippen LogP contribution in [-0.2, 0) is 11.3 Å². The zero-order chi connectivity index (χ0) is 19.1. The van der Waals surface area contributed by atoms with E-state index in [0.29, 0.717) is 11.1 Å². The van der Waals surface area contributed by atoms with E-state index in [2.05, 4.69) is 9.84 Å². The van der Waals surface area contributed by atoms with Crippen molar-refractivity contribution >= 4 is 12.0 Å². The van der Waals surface area contributed by atoms with Crippen LogP contribution in [0.5, 0.6) is 5.75 Å². The zero-order valence-corrected chi connectivity index (χ0v) is 13.3. The first-order chi connectivity index (χ1) is 12.4. The average Bonchev–Trinajstić information content (AvgIpc) is 3.00. The van der Waals surface area contributed by atoms with Crippen molar-refractivity contribution in [1.82, 2.24) is 9.78 Å². The highest BCUT2D eigenvalue weighted by Gasteiger charge is 2.15. The summed E-state index contributed by atoms with van der Waals surface area (Å²) < 4.78 is 30.6. The molecule has 0 atom stereocenters. The second-order valence-electron chi connectivity index (χ2n) is 4.99. The Morgan fingerprint density at radius 2 is 2.19 bits per heavy atom. The number of hydrogen-bond donors (Lipinski definition) is 1. The second-order valence-corrected chi connectivity index (χ2v) is 4.99. The fourth-order valence-electron chi connectivity index (χ4n) is 2.16. The number of nitriles is 2. The molecule has 0 aliphatic rings. The van der Waals surface area contributed by atoms with Crippen molar-refractivity contribution < 1.29 is 23.4 Å². The van der Waals surface area contributed by atoms with Gasteiger partial charge >= 0.3 is 12.6 Å². The van der Waals surface area contributed by atoms with E-state index in [0.717, 1.165) is 6.08 Å². The molecule has 0 fully saturated rings. The molecule has 0 aliphatic heterocycles. The number of carbonyl (C=O) groups is 1. The number of aliphatic carboxylic acids is 1. The predicted molar refractivity (Wildman–Crippen MR) is 85.8 cm³/mol. The quantitative estimate of drug-likeness (QED) is 0.601. The van der Waals surface area contributed by atoms with Gasteiger partial charge in [0, 0.05) is 17.3 Å². The highest BCUT2D eigenvalue weighted by atomic mass is 19.3. The summed E-state index contributed by atoms with van der Waals surface area (Å²) in [6.07, 6.45) is 2.78. The molecule has 1 aromatic carbocycles. The van der Waals surface area contributed by atoms with Crippen LogP contribution in [0.2, 0.25) is 0 Å². The van der Waals surface area contributed by atoms with Gasteiger partial charge in [0.25, 0.3) is 0 Å². The first kappa shape index (κ1) is 18.6. The van der Waals surface area contributed by atoms with E-state index in [4.69, 9.17) is 15.6 Å². The molecular formula is C17H12F2N4O3. The van der Waals surface area contributed by atoms with Gasteiger partial charge in [-0.3, -0.25) is 4.68 Å². The van der Waals surface area contributed by atoms with Gasteiger partial charge in [0.1, 0.15) is 17.4 Å². The number of benzene rings is 1. The minimum atomic E-state index is -2.99. The van der Waals surface area contributed by atoms with Gasteiger partial charge < -0.3 is 9.84 Å². The van der Waals surface area contributed by atoms with Gasteiger partial charge in [-0.15, -0.1) is 0 Å². The number of halogens is 2. The topological polar surface area (TPSA) is 112 Å². The number of aryl methyl sites for hydroxylation is 1. The molecular weight excluding hydrogens is 346 g/mol. The number of alkyl halides is 2. The monoisotopic (exact) mass is 358 g/mol. The van der Waals surface area contributed by atoms with Gasteiger partial charge in [-0.05, 0) is 18.2 Å². The molecule has 26 heavy (non-hydrogen) atoms. The van der Waals surface area contributed by atoms with E-state index in [1.54, 1.807) is 12.1 Å². The molecule has 2 aromatic rings. The van der Waals surface area contributed by atoms with Gasteiger partial charge in [-0.25, -0.2) is 4.79 Å². The summed E-state index contributed by atoms with van der Waals surface area (Å²) in [6.45, 7) is -2.74. The Hall–Kier alpha value is -3.72. The van der Waals surface area contributed by atoms with Crippen LogP contribution in [0.4, 0.5) is 8.78 Å². The summed E-state index contributed by atoms with van der Waals surface area (Å²) in [5.74, 6) is -1.49. The van der Waals surface area contributed by atoms with Crippen molar-refractivity contribution in [1.29, 1.82) is 10.5 Å². The molecule has 2 rings (SSSR count). The fraction of sp³-hybridized carbons (Fsp3) is 0.176. The minimum Gasteiger partial charge on any atom is -0.477 e. The van der Waals surface area contributed by atoms with Gasteiger partial charge in [0.15, 0.2) is 0 Å². The Bertz CT molecular complexity index is 923. The number of nitrogens with zero attached hydrogens (tertiary/aromatic N) is 4. The summed E-state index contributed by atoms with van der Waals surface area (Å²) >= 11 is 0. The van der Waals surface area contributed by atoms with Gasteiger partial charge in [-0.1, -0.05) is 12.1 Å². The minimum absolute atomic E-state index is 0.0854. The van der Waals surface area contributed by atoms with Crippen LogP contribution in [0, 0.1) is 22.7 Å². The van der Waals surface area contributed by atoms with Crippen molar-refractivity contribution in [3.63, 3.8) is 0 Å². The predicted octanol–water partition coefficient (Wildman–Crippen LogP) is 3.06. The SMILES string of the molecule is N#CCCn1cc(C=C(C#N)C(=O)O)c(-c2cccc(OC(F)F)c2)n1. The number of ether oxygens (including phenoxy) is 1. The van der Waals surface area contributed by atoms with Crippen molar-refractivity contribution in [2.24, 2.45) is 0 Å². The summed E-state index contributed by atoms with van der Waals surface area (Å²) in [4.78, 5) is 11.1. The maximum Gasteiger partial charge on any atom is 0.387 e. The molecule has 1 N–H and O–H groups in total.